The van der Waals surface area contributed by atoms with Gasteiger partial charge in [-0.05, 0) is 5.92 Å². The minimum absolute atomic E-state index is 0.0407. The molecule has 2 aliphatic rings. The standard InChI is InChI=1S/C16H23N6O6PS/c1-6(2)3-18-8(23)5-30-16-19-9-12(20-15(17)21-13(9)25)22(16)14-10(24)11-7(27-14)4-26-29-28-11/h6-7,10-11,14,24,29H,3-5H2,1-2H3,(H,18,23)(H3,17,20,21,25). The van der Waals surface area contributed by atoms with Crippen LogP contribution < -0.4 is 16.6 Å². The summed E-state index contributed by atoms with van der Waals surface area (Å²) in [4.78, 5) is 35.4. The summed E-state index contributed by atoms with van der Waals surface area (Å²) >= 11 is 1.11. The van der Waals surface area contributed by atoms with E-state index in [4.69, 9.17) is 19.5 Å². The zero-order valence-corrected chi connectivity index (χ0v) is 18.1. The molecule has 5 atom stereocenters. The van der Waals surface area contributed by atoms with Gasteiger partial charge in [-0.1, -0.05) is 25.6 Å². The molecule has 2 saturated heterocycles. The molecule has 1 amide bonds. The Hall–Kier alpha value is -1.76. The number of nitrogen functional groups attached to an aromatic ring is 1. The van der Waals surface area contributed by atoms with Gasteiger partial charge in [0, 0.05) is 6.54 Å². The first kappa shape index (κ1) is 21.5. The molecule has 2 aromatic heterocycles. The SMILES string of the molecule is CC(C)CNC(=O)CSc1nc2c(=O)[nH]c(N)nc2n1C1OC2COPOC2C1O. The van der Waals surface area contributed by atoms with E-state index in [0.717, 1.165) is 11.8 Å². The Labute approximate surface area is 177 Å². The van der Waals surface area contributed by atoms with Crippen molar-refractivity contribution < 1.29 is 23.7 Å². The lowest BCUT2D eigenvalue weighted by Gasteiger charge is -2.24. The Morgan fingerprint density at radius 3 is 3.03 bits per heavy atom. The lowest BCUT2D eigenvalue weighted by atomic mass is 10.1. The van der Waals surface area contributed by atoms with Crippen molar-refractivity contribution in [3.05, 3.63) is 10.4 Å². The fourth-order valence-electron chi connectivity index (χ4n) is 3.23. The third-order valence-electron chi connectivity index (χ3n) is 4.63. The van der Waals surface area contributed by atoms with Gasteiger partial charge in [-0.3, -0.25) is 19.1 Å². The number of thioether (sulfide) groups is 1. The first-order valence-corrected chi connectivity index (χ1v) is 11.2. The van der Waals surface area contributed by atoms with Crippen molar-refractivity contribution in [3.8, 4) is 0 Å². The van der Waals surface area contributed by atoms with E-state index in [1.54, 1.807) is 0 Å². The number of aliphatic hydroxyl groups is 1. The first-order chi connectivity index (χ1) is 14.3. The predicted octanol–water partition coefficient (Wildman–Crippen LogP) is -0.252. The normalized spacial score (nSPS) is 27.1. The van der Waals surface area contributed by atoms with Crippen molar-refractivity contribution in [1.82, 2.24) is 24.8 Å². The molecule has 5 unspecified atom stereocenters. The molecule has 12 nitrogen and oxygen atoms in total. The number of nitrogens with two attached hydrogens (primary N) is 1. The van der Waals surface area contributed by atoms with Crippen molar-refractivity contribution >= 4 is 43.8 Å². The van der Waals surface area contributed by atoms with Crippen molar-refractivity contribution in [2.24, 2.45) is 5.92 Å². The minimum Gasteiger partial charge on any atom is -0.386 e. The summed E-state index contributed by atoms with van der Waals surface area (Å²) in [5.74, 6) is 0.127. The Morgan fingerprint density at radius 1 is 1.50 bits per heavy atom. The fraction of sp³-hybridized carbons (Fsp3) is 0.625. The number of aromatic amines is 1. The fourth-order valence-corrected chi connectivity index (χ4v) is 4.78. The van der Waals surface area contributed by atoms with Crippen molar-refractivity contribution in [1.29, 1.82) is 0 Å². The number of hydrogen-bond acceptors (Lipinski definition) is 10. The lowest BCUT2D eigenvalue weighted by molar-refractivity contribution is -0.118. The molecule has 2 fully saturated rings. The minimum atomic E-state index is -1.04. The molecule has 0 bridgehead atoms. The second-order valence-corrected chi connectivity index (χ2v) is 9.04. The van der Waals surface area contributed by atoms with Gasteiger partial charge in [-0.15, -0.1) is 0 Å². The number of ether oxygens (including phenoxy) is 1. The van der Waals surface area contributed by atoms with Crippen LogP contribution in [0.5, 0.6) is 0 Å². The molecule has 4 rings (SSSR count). The van der Waals surface area contributed by atoms with Crippen LogP contribution in [0.1, 0.15) is 20.1 Å². The highest BCUT2D eigenvalue weighted by atomic mass is 32.2. The third-order valence-corrected chi connectivity index (χ3v) is 6.24. The lowest BCUT2D eigenvalue weighted by Crippen LogP contribution is -2.37. The Balaban J connectivity index is 1.67. The van der Waals surface area contributed by atoms with Crippen molar-refractivity contribution in [2.75, 3.05) is 24.6 Å². The van der Waals surface area contributed by atoms with Gasteiger partial charge in [0.1, 0.15) is 18.3 Å². The summed E-state index contributed by atoms with van der Waals surface area (Å²) < 4.78 is 18.2. The number of aliphatic hydroxyl groups excluding tert-OH is 1. The molecule has 30 heavy (non-hydrogen) atoms. The van der Waals surface area contributed by atoms with Crippen LogP contribution in [-0.4, -0.2) is 67.7 Å². The van der Waals surface area contributed by atoms with Gasteiger partial charge >= 0.3 is 0 Å². The molecule has 0 aliphatic carbocycles. The molecule has 4 heterocycles. The number of H-pyrrole nitrogens is 1. The van der Waals surface area contributed by atoms with Crippen molar-refractivity contribution in [2.45, 2.75) is 43.5 Å². The molecule has 2 aliphatic heterocycles. The van der Waals surface area contributed by atoms with Gasteiger partial charge in [0.25, 0.3) is 5.56 Å². The van der Waals surface area contributed by atoms with E-state index in [1.807, 2.05) is 13.8 Å². The number of aromatic nitrogens is 4. The summed E-state index contributed by atoms with van der Waals surface area (Å²) in [5, 5.41) is 14.0. The highest BCUT2D eigenvalue weighted by molar-refractivity contribution is 7.99. The summed E-state index contributed by atoms with van der Waals surface area (Å²) in [6.07, 6.45) is -3.02. The van der Waals surface area contributed by atoms with Gasteiger partial charge in [-0.25, -0.2) is 4.98 Å². The largest absolute Gasteiger partial charge is 0.386 e. The van der Waals surface area contributed by atoms with Gasteiger partial charge in [0.15, 0.2) is 31.6 Å². The summed E-state index contributed by atoms with van der Waals surface area (Å²) in [5.41, 5.74) is 5.40. The van der Waals surface area contributed by atoms with Crippen LogP contribution in [0, 0.1) is 5.92 Å². The zero-order chi connectivity index (χ0) is 21.4. The van der Waals surface area contributed by atoms with Gasteiger partial charge < -0.3 is 29.9 Å². The van der Waals surface area contributed by atoms with Crippen LogP contribution in [0.4, 0.5) is 5.95 Å². The molecule has 0 saturated carbocycles. The second-order valence-electron chi connectivity index (χ2n) is 7.41. The third kappa shape index (κ3) is 4.18. The van der Waals surface area contributed by atoms with Crippen LogP contribution in [0.15, 0.2) is 9.95 Å². The molecular weight excluding hydrogens is 435 g/mol. The number of fused-ring (bicyclic) bond motifs is 2. The number of imidazole rings is 1. The van der Waals surface area contributed by atoms with Crippen LogP contribution >= 0.6 is 20.8 Å². The van der Waals surface area contributed by atoms with Gasteiger partial charge in [0.05, 0.1) is 12.4 Å². The topological polar surface area (TPSA) is 167 Å². The van der Waals surface area contributed by atoms with Crippen LogP contribution in [0.2, 0.25) is 0 Å². The number of nitrogens with zero attached hydrogens (tertiary/aromatic N) is 3. The van der Waals surface area contributed by atoms with E-state index in [1.165, 1.54) is 4.57 Å². The molecule has 0 radical (unpaired) electrons. The number of carbonyl (C=O) groups excluding carboxylic acids is 1. The van der Waals surface area contributed by atoms with E-state index in [2.05, 4.69) is 20.3 Å². The van der Waals surface area contributed by atoms with Gasteiger partial charge in [0.2, 0.25) is 11.9 Å². The summed E-state index contributed by atoms with van der Waals surface area (Å²) in [7, 11) is -0.189. The molecule has 0 spiro atoms. The maximum atomic E-state index is 12.3. The average molecular weight is 458 g/mol. The number of rotatable bonds is 6. The Kier molecular flexibility index (Phi) is 6.28. The molecular formula is C16H23N6O6PS. The van der Waals surface area contributed by atoms with E-state index in [-0.39, 0.29) is 44.4 Å². The van der Waals surface area contributed by atoms with Crippen molar-refractivity contribution in [3.63, 3.8) is 0 Å². The van der Waals surface area contributed by atoms with Crippen LogP contribution in [0.25, 0.3) is 11.2 Å². The highest BCUT2D eigenvalue weighted by Gasteiger charge is 2.48. The maximum absolute atomic E-state index is 12.3. The number of carbonyl (C=O) groups is 1. The monoisotopic (exact) mass is 458 g/mol. The molecule has 2 aromatic rings. The first-order valence-electron chi connectivity index (χ1n) is 9.38. The number of amides is 1. The van der Waals surface area contributed by atoms with Crippen LogP contribution in [0.3, 0.4) is 0 Å². The number of hydrogen-bond donors (Lipinski definition) is 4. The Morgan fingerprint density at radius 2 is 2.30 bits per heavy atom. The van der Waals surface area contributed by atoms with Crippen LogP contribution in [-0.2, 0) is 18.6 Å². The molecule has 5 N–H and O–H groups in total. The summed E-state index contributed by atoms with van der Waals surface area (Å²) in [6, 6.07) is 0. The van der Waals surface area contributed by atoms with E-state index in [0.29, 0.717) is 17.6 Å². The number of anilines is 1. The zero-order valence-electron chi connectivity index (χ0n) is 16.3. The molecule has 164 valence electrons. The Bertz CT molecular complexity index is 998. The predicted molar refractivity (Wildman–Crippen MR) is 110 cm³/mol. The van der Waals surface area contributed by atoms with E-state index in [9.17, 15) is 14.7 Å². The van der Waals surface area contributed by atoms with E-state index < -0.39 is 30.1 Å². The van der Waals surface area contributed by atoms with Gasteiger partial charge in [-0.2, -0.15) is 4.98 Å². The average Bonchev–Trinajstić information content (AvgIpc) is 3.22. The maximum Gasteiger partial charge on any atom is 0.280 e. The highest BCUT2D eigenvalue weighted by Crippen LogP contribution is 2.41. The smallest absolute Gasteiger partial charge is 0.280 e. The number of nitrogens with one attached hydrogen (secondary N) is 2. The molecule has 0 aromatic carbocycles. The quantitative estimate of drug-likeness (QED) is 0.335. The molecule has 14 heteroatoms. The van der Waals surface area contributed by atoms with E-state index >= 15 is 0 Å². The second kappa shape index (κ2) is 8.77. The summed E-state index contributed by atoms with van der Waals surface area (Å²) in [6.45, 7) is 4.83.